The number of thioether (sulfide) groups is 1. The Balaban J connectivity index is 2.40. The minimum absolute atomic E-state index is 0.154. The molecule has 0 bridgehead atoms. The number of rotatable bonds is 4. The van der Waals surface area contributed by atoms with Crippen molar-refractivity contribution < 1.29 is 9.90 Å². The van der Waals surface area contributed by atoms with E-state index in [1.807, 2.05) is 6.07 Å². The molecule has 0 aliphatic carbocycles. The average molecular weight is 330 g/mol. The van der Waals surface area contributed by atoms with Gasteiger partial charge in [-0.05, 0) is 18.2 Å². The molecule has 0 saturated heterocycles. The normalized spacial score (nSPS) is 10.5. The van der Waals surface area contributed by atoms with E-state index in [0.29, 0.717) is 10.8 Å². The van der Waals surface area contributed by atoms with Crippen molar-refractivity contribution in [1.82, 2.24) is 14.8 Å². The van der Waals surface area contributed by atoms with Crippen molar-refractivity contribution in [3.05, 3.63) is 39.2 Å². The summed E-state index contributed by atoms with van der Waals surface area (Å²) in [6.07, 6.45) is 0. The maximum absolute atomic E-state index is 11.7. The highest BCUT2D eigenvalue weighted by atomic mass is 79.9. The van der Waals surface area contributed by atoms with Crippen molar-refractivity contribution >= 4 is 33.7 Å². The summed E-state index contributed by atoms with van der Waals surface area (Å²) < 4.78 is 2.15. The molecule has 0 amide bonds. The Kier molecular flexibility index (Phi) is 3.87. The first-order valence-corrected chi connectivity index (χ1v) is 6.64. The summed E-state index contributed by atoms with van der Waals surface area (Å²) in [6.45, 7) is 0. The van der Waals surface area contributed by atoms with Crippen LogP contribution in [0.4, 0.5) is 0 Å². The van der Waals surface area contributed by atoms with Crippen molar-refractivity contribution in [1.29, 1.82) is 0 Å². The number of carbonyl (C=O) groups is 1. The lowest BCUT2D eigenvalue weighted by molar-refractivity contribution is -0.133. The highest BCUT2D eigenvalue weighted by molar-refractivity contribution is 9.10. The Morgan fingerprint density at radius 3 is 3.00 bits per heavy atom. The second kappa shape index (κ2) is 5.40. The second-order valence-corrected chi connectivity index (χ2v) is 5.17. The number of hydrogen-bond acceptors (Lipinski definition) is 4. The zero-order valence-corrected chi connectivity index (χ0v) is 11.4. The summed E-state index contributed by atoms with van der Waals surface area (Å²) in [5.41, 5.74) is 0.219. The van der Waals surface area contributed by atoms with Crippen LogP contribution in [0.15, 0.2) is 38.7 Å². The molecule has 94 valence electrons. The van der Waals surface area contributed by atoms with Crippen LogP contribution in [0.1, 0.15) is 0 Å². The molecule has 18 heavy (non-hydrogen) atoms. The Morgan fingerprint density at radius 2 is 2.33 bits per heavy atom. The minimum atomic E-state index is -0.962. The van der Waals surface area contributed by atoms with Crippen molar-refractivity contribution in [3.8, 4) is 5.69 Å². The largest absolute Gasteiger partial charge is 0.481 e. The number of halogens is 1. The first-order valence-electron chi connectivity index (χ1n) is 4.86. The summed E-state index contributed by atoms with van der Waals surface area (Å²) >= 11 is 4.29. The van der Waals surface area contributed by atoms with E-state index in [9.17, 15) is 9.59 Å². The van der Waals surface area contributed by atoms with Gasteiger partial charge in [-0.3, -0.25) is 4.79 Å². The molecule has 0 spiro atoms. The fourth-order valence-corrected chi connectivity index (χ4v) is 2.42. The van der Waals surface area contributed by atoms with Gasteiger partial charge in [-0.25, -0.2) is 14.5 Å². The molecule has 0 aliphatic heterocycles. The van der Waals surface area contributed by atoms with E-state index in [0.717, 1.165) is 16.2 Å². The SMILES string of the molecule is O=C(O)CSc1n[nH]c(=O)n1-c1cccc(Br)c1. The molecule has 1 heterocycles. The number of nitrogens with one attached hydrogen (secondary N) is 1. The highest BCUT2D eigenvalue weighted by Gasteiger charge is 2.12. The second-order valence-electron chi connectivity index (χ2n) is 3.31. The van der Waals surface area contributed by atoms with Gasteiger partial charge in [0.15, 0.2) is 5.16 Å². The van der Waals surface area contributed by atoms with Gasteiger partial charge in [0, 0.05) is 4.47 Å². The van der Waals surface area contributed by atoms with Crippen LogP contribution in [0, 0.1) is 0 Å². The number of carboxylic acids is 1. The summed E-state index contributed by atoms with van der Waals surface area (Å²) in [6, 6.07) is 7.11. The number of nitrogens with zero attached hydrogens (tertiary/aromatic N) is 2. The molecule has 1 aromatic heterocycles. The maximum atomic E-state index is 11.7. The van der Waals surface area contributed by atoms with E-state index in [1.54, 1.807) is 18.2 Å². The van der Waals surface area contributed by atoms with Crippen LogP contribution in [0.2, 0.25) is 0 Å². The van der Waals surface area contributed by atoms with Crippen molar-refractivity contribution in [2.24, 2.45) is 0 Å². The number of benzene rings is 1. The Hall–Kier alpha value is -1.54. The van der Waals surface area contributed by atoms with Crippen molar-refractivity contribution in [2.75, 3.05) is 5.75 Å². The number of aromatic amines is 1. The van der Waals surface area contributed by atoms with Gasteiger partial charge >= 0.3 is 11.7 Å². The van der Waals surface area contributed by atoms with Gasteiger partial charge in [0.1, 0.15) is 0 Å². The first-order chi connectivity index (χ1) is 8.58. The van der Waals surface area contributed by atoms with E-state index >= 15 is 0 Å². The van der Waals surface area contributed by atoms with Crippen molar-refractivity contribution in [2.45, 2.75) is 5.16 Å². The third-order valence-corrected chi connectivity index (χ3v) is 3.45. The van der Waals surface area contributed by atoms with Crippen LogP contribution in [-0.2, 0) is 4.79 Å². The highest BCUT2D eigenvalue weighted by Crippen LogP contribution is 2.19. The van der Waals surface area contributed by atoms with Crippen LogP contribution in [0.5, 0.6) is 0 Å². The third-order valence-electron chi connectivity index (χ3n) is 2.03. The standard InChI is InChI=1S/C10H8BrN3O3S/c11-6-2-1-3-7(4-6)14-9(17)12-13-10(14)18-5-8(15)16/h1-4H,5H2,(H,12,17)(H,15,16). The van der Waals surface area contributed by atoms with Crippen LogP contribution in [0.3, 0.4) is 0 Å². The van der Waals surface area contributed by atoms with Gasteiger partial charge < -0.3 is 5.11 Å². The molecular formula is C10H8BrN3O3S. The van der Waals surface area contributed by atoms with Gasteiger partial charge in [0.05, 0.1) is 11.4 Å². The number of hydrogen-bond donors (Lipinski definition) is 2. The molecule has 2 N–H and O–H groups in total. The number of aliphatic carboxylic acids is 1. The van der Waals surface area contributed by atoms with Gasteiger partial charge in [0.2, 0.25) is 0 Å². The van der Waals surface area contributed by atoms with E-state index in [2.05, 4.69) is 26.1 Å². The van der Waals surface area contributed by atoms with E-state index < -0.39 is 11.7 Å². The predicted octanol–water partition coefficient (Wildman–Crippen LogP) is 1.50. The van der Waals surface area contributed by atoms with E-state index in [-0.39, 0.29) is 5.75 Å². The summed E-state index contributed by atoms with van der Waals surface area (Å²) in [5.74, 6) is -1.12. The molecule has 0 atom stereocenters. The summed E-state index contributed by atoms with van der Waals surface area (Å²) in [7, 11) is 0. The Labute approximate surface area is 114 Å². The molecule has 0 unspecified atom stereocenters. The third kappa shape index (κ3) is 2.82. The topological polar surface area (TPSA) is 88.0 Å². The Morgan fingerprint density at radius 1 is 1.56 bits per heavy atom. The lowest BCUT2D eigenvalue weighted by Crippen LogP contribution is -2.15. The first kappa shape index (κ1) is 12.9. The molecule has 1 aromatic carbocycles. The van der Waals surface area contributed by atoms with Gasteiger partial charge in [0.25, 0.3) is 0 Å². The summed E-state index contributed by atoms with van der Waals surface area (Å²) in [5, 5.41) is 15.1. The lowest BCUT2D eigenvalue weighted by atomic mass is 10.3. The molecule has 8 heteroatoms. The lowest BCUT2D eigenvalue weighted by Gasteiger charge is -2.04. The number of carboxylic acid groups (broad SMARTS) is 1. The molecule has 0 saturated carbocycles. The van der Waals surface area contributed by atoms with Gasteiger partial charge in [-0.2, -0.15) is 0 Å². The van der Waals surface area contributed by atoms with E-state index in [1.165, 1.54) is 4.57 Å². The molecular weight excluding hydrogens is 322 g/mol. The fraction of sp³-hybridized carbons (Fsp3) is 0.100. The van der Waals surface area contributed by atoms with Crippen LogP contribution >= 0.6 is 27.7 Å². The fourth-order valence-electron chi connectivity index (χ4n) is 1.35. The van der Waals surface area contributed by atoms with Crippen LogP contribution in [-0.4, -0.2) is 31.6 Å². The predicted molar refractivity (Wildman–Crippen MR) is 70.2 cm³/mol. The monoisotopic (exact) mass is 329 g/mol. The molecule has 2 aromatic rings. The zero-order valence-electron chi connectivity index (χ0n) is 8.96. The quantitative estimate of drug-likeness (QED) is 0.830. The number of H-pyrrole nitrogens is 1. The van der Waals surface area contributed by atoms with Gasteiger partial charge in [-0.15, -0.1) is 5.10 Å². The average Bonchev–Trinajstić information content (AvgIpc) is 2.68. The molecule has 0 aliphatic rings. The molecule has 2 rings (SSSR count). The van der Waals surface area contributed by atoms with E-state index in [4.69, 9.17) is 5.11 Å². The maximum Gasteiger partial charge on any atom is 0.348 e. The van der Waals surface area contributed by atoms with Gasteiger partial charge in [-0.1, -0.05) is 33.8 Å². The van der Waals surface area contributed by atoms with Crippen molar-refractivity contribution in [3.63, 3.8) is 0 Å². The minimum Gasteiger partial charge on any atom is -0.481 e. The zero-order chi connectivity index (χ0) is 13.1. The molecule has 0 radical (unpaired) electrons. The summed E-state index contributed by atoms with van der Waals surface area (Å²) in [4.78, 5) is 22.2. The molecule has 6 nitrogen and oxygen atoms in total. The molecule has 0 fully saturated rings. The van der Waals surface area contributed by atoms with Crippen LogP contribution < -0.4 is 5.69 Å². The smallest absolute Gasteiger partial charge is 0.348 e. The Bertz CT molecular complexity index is 637. The van der Waals surface area contributed by atoms with Crippen LogP contribution in [0.25, 0.3) is 5.69 Å². The number of aromatic nitrogens is 3.